The number of hydrogen-bond acceptors (Lipinski definition) is 3. The van der Waals surface area contributed by atoms with E-state index in [0.29, 0.717) is 6.54 Å². The molecule has 1 amide bonds. The minimum atomic E-state index is -0.441. The first-order valence-corrected chi connectivity index (χ1v) is 7.92. The molecule has 1 N–H and O–H groups in total. The SMILES string of the molecule is CC.CC/C=C(\NC)C1=CCCN(C(=O)OC(C)(C)C)C1. The van der Waals surface area contributed by atoms with Crippen LogP contribution in [0.3, 0.4) is 0 Å². The molecule has 1 rings (SSSR count). The van der Waals surface area contributed by atoms with E-state index in [4.69, 9.17) is 4.74 Å². The summed E-state index contributed by atoms with van der Waals surface area (Å²) in [5.41, 5.74) is 1.83. The fraction of sp³-hybridized carbons (Fsp3) is 0.706. The van der Waals surface area contributed by atoms with Crippen molar-refractivity contribution in [3.05, 3.63) is 23.4 Å². The molecule has 0 fully saturated rings. The summed E-state index contributed by atoms with van der Waals surface area (Å²) in [7, 11) is 1.91. The first-order valence-electron chi connectivity index (χ1n) is 7.92. The van der Waals surface area contributed by atoms with Gasteiger partial charge in [-0.25, -0.2) is 4.79 Å². The lowest BCUT2D eigenvalue weighted by Gasteiger charge is -2.31. The topological polar surface area (TPSA) is 41.6 Å². The largest absolute Gasteiger partial charge is 0.444 e. The quantitative estimate of drug-likeness (QED) is 0.852. The van der Waals surface area contributed by atoms with Gasteiger partial charge >= 0.3 is 6.09 Å². The molecule has 1 aliphatic heterocycles. The Morgan fingerprint density at radius 1 is 1.43 bits per heavy atom. The zero-order valence-electron chi connectivity index (χ0n) is 14.7. The number of carbonyl (C=O) groups is 1. The van der Waals surface area contributed by atoms with E-state index in [1.54, 1.807) is 4.90 Å². The van der Waals surface area contributed by atoms with Crippen LogP contribution in [0.25, 0.3) is 0 Å². The van der Waals surface area contributed by atoms with E-state index in [1.165, 1.54) is 5.57 Å². The third-order valence-electron chi connectivity index (χ3n) is 2.83. The fourth-order valence-electron chi connectivity index (χ4n) is 2.02. The van der Waals surface area contributed by atoms with E-state index in [0.717, 1.165) is 25.1 Å². The third kappa shape index (κ3) is 7.21. The molecule has 0 saturated heterocycles. The summed E-state index contributed by atoms with van der Waals surface area (Å²) < 4.78 is 5.42. The molecule has 122 valence electrons. The van der Waals surface area contributed by atoms with Crippen LogP contribution < -0.4 is 5.32 Å². The van der Waals surface area contributed by atoms with Crippen molar-refractivity contribution in [3.63, 3.8) is 0 Å². The monoisotopic (exact) mass is 296 g/mol. The molecule has 0 atom stereocenters. The zero-order chi connectivity index (χ0) is 16.5. The number of nitrogens with zero attached hydrogens (tertiary/aromatic N) is 1. The Bertz CT molecular complexity index is 379. The van der Waals surface area contributed by atoms with Gasteiger partial charge in [0, 0.05) is 19.3 Å². The maximum atomic E-state index is 12.1. The minimum absolute atomic E-state index is 0.231. The molecule has 21 heavy (non-hydrogen) atoms. The average molecular weight is 296 g/mol. The summed E-state index contributed by atoms with van der Waals surface area (Å²) in [5.74, 6) is 0. The van der Waals surface area contributed by atoms with Crippen molar-refractivity contribution in [1.82, 2.24) is 10.2 Å². The molecular formula is C17H32N2O2. The Balaban J connectivity index is 0.00000191. The van der Waals surface area contributed by atoms with Crippen LogP contribution in [0.4, 0.5) is 4.79 Å². The standard InChI is InChI=1S/C15H26N2O2.C2H6/c1-6-8-13(16-5)12-9-7-10-17(11-12)14(18)19-15(2,3)4;1-2/h8-9,16H,6-7,10-11H2,1-5H3;1-2H3/b13-8-;. The highest BCUT2D eigenvalue weighted by atomic mass is 16.6. The van der Waals surface area contributed by atoms with Gasteiger partial charge in [-0.15, -0.1) is 0 Å². The number of carbonyl (C=O) groups excluding carboxylic acids is 1. The van der Waals surface area contributed by atoms with Crippen molar-refractivity contribution < 1.29 is 9.53 Å². The summed E-state index contributed by atoms with van der Waals surface area (Å²) in [6.07, 6.45) is 5.95. The van der Waals surface area contributed by atoms with Crippen molar-refractivity contribution in [2.24, 2.45) is 0 Å². The van der Waals surface area contributed by atoms with Gasteiger partial charge in [0.15, 0.2) is 0 Å². The number of likely N-dealkylation sites (N-methyl/N-ethyl adjacent to an activating group) is 1. The van der Waals surface area contributed by atoms with Crippen LogP contribution in [0.1, 0.15) is 54.4 Å². The van der Waals surface area contributed by atoms with Gasteiger partial charge in [-0.3, -0.25) is 0 Å². The molecule has 0 aliphatic carbocycles. The van der Waals surface area contributed by atoms with Crippen LogP contribution in [0.5, 0.6) is 0 Å². The Kier molecular flexibility index (Phi) is 8.83. The highest BCUT2D eigenvalue weighted by Gasteiger charge is 2.24. The Labute approximate surface area is 130 Å². The summed E-state index contributed by atoms with van der Waals surface area (Å²) in [4.78, 5) is 13.8. The molecule has 0 saturated carbocycles. The lowest BCUT2D eigenvalue weighted by molar-refractivity contribution is 0.0263. The first-order chi connectivity index (χ1) is 9.87. The molecule has 0 spiro atoms. The van der Waals surface area contributed by atoms with Gasteiger partial charge in [0.05, 0.1) is 6.54 Å². The minimum Gasteiger partial charge on any atom is -0.444 e. The molecule has 0 aromatic rings. The highest BCUT2D eigenvalue weighted by Crippen LogP contribution is 2.18. The van der Waals surface area contributed by atoms with Gasteiger partial charge in [-0.05, 0) is 39.2 Å². The summed E-state index contributed by atoms with van der Waals surface area (Å²) in [6.45, 7) is 13.1. The second-order valence-corrected chi connectivity index (χ2v) is 5.70. The number of amides is 1. The zero-order valence-corrected chi connectivity index (χ0v) is 14.7. The van der Waals surface area contributed by atoms with E-state index < -0.39 is 5.60 Å². The van der Waals surface area contributed by atoms with E-state index in [9.17, 15) is 4.79 Å². The lowest BCUT2D eigenvalue weighted by atomic mass is 10.1. The first kappa shape index (κ1) is 19.6. The summed E-state index contributed by atoms with van der Waals surface area (Å²) >= 11 is 0. The molecule has 1 aliphatic rings. The number of ether oxygens (including phenoxy) is 1. The van der Waals surface area contributed by atoms with Crippen molar-refractivity contribution in [1.29, 1.82) is 0 Å². The lowest BCUT2D eigenvalue weighted by Crippen LogP contribution is -2.40. The van der Waals surface area contributed by atoms with Crippen LogP contribution >= 0.6 is 0 Å². The van der Waals surface area contributed by atoms with Gasteiger partial charge in [0.2, 0.25) is 0 Å². The second kappa shape index (κ2) is 9.48. The molecule has 0 aromatic carbocycles. The average Bonchev–Trinajstić information content (AvgIpc) is 2.45. The third-order valence-corrected chi connectivity index (χ3v) is 2.83. The van der Waals surface area contributed by atoms with Gasteiger partial charge in [0.1, 0.15) is 5.60 Å². The van der Waals surface area contributed by atoms with Crippen molar-refractivity contribution >= 4 is 6.09 Å². The normalized spacial score (nSPS) is 15.7. The van der Waals surface area contributed by atoms with Gasteiger partial charge < -0.3 is 15.0 Å². The number of rotatable bonds is 3. The second-order valence-electron chi connectivity index (χ2n) is 5.70. The van der Waals surface area contributed by atoms with Gasteiger partial charge in [-0.1, -0.05) is 32.9 Å². The molecule has 4 nitrogen and oxygen atoms in total. The van der Waals surface area contributed by atoms with Gasteiger partial charge in [-0.2, -0.15) is 0 Å². The highest BCUT2D eigenvalue weighted by molar-refractivity contribution is 5.69. The van der Waals surface area contributed by atoms with Crippen molar-refractivity contribution in [2.45, 2.75) is 60.0 Å². The van der Waals surface area contributed by atoms with Crippen molar-refractivity contribution in [3.8, 4) is 0 Å². The molecule has 4 heteroatoms. The van der Waals surface area contributed by atoms with Crippen LogP contribution in [-0.4, -0.2) is 36.7 Å². The maximum absolute atomic E-state index is 12.1. The summed E-state index contributed by atoms with van der Waals surface area (Å²) in [6, 6.07) is 0. The Hall–Kier alpha value is -1.45. The van der Waals surface area contributed by atoms with E-state index >= 15 is 0 Å². The van der Waals surface area contributed by atoms with Crippen LogP contribution in [-0.2, 0) is 4.74 Å². The van der Waals surface area contributed by atoms with Gasteiger partial charge in [0.25, 0.3) is 0 Å². The smallest absolute Gasteiger partial charge is 0.410 e. The number of hydrogen-bond donors (Lipinski definition) is 1. The Morgan fingerprint density at radius 2 is 2.05 bits per heavy atom. The van der Waals surface area contributed by atoms with Crippen LogP contribution in [0.15, 0.2) is 23.4 Å². The fourth-order valence-corrected chi connectivity index (χ4v) is 2.02. The molecule has 0 radical (unpaired) electrons. The predicted molar refractivity (Wildman–Crippen MR) is 89.3 cm³/mol. The summed E-state index contributed by atoms with van der Waals surface area (Å²) in [5, 5.41) is 3.19. The van der Waals surface area contributed by atoms with E-state index in [1.807, 2.05) is 41.7 Å². The predicted octanol–water partition coefficient (Wildman–Crippen LogP) is 4.09. The Morgan fingerprint density at radius 3 is 2.52 bits per heavy atom. The number of nitrogens with one attached hydrogen (secondary N) is 1. The number of allylic oxidation sites excluding steroid dienone is 1. The van der Waals surface area contributed by atoms with Crippen molar-refractivity contribution in [2.75, 3.05) is 20.1 Å². The van der Waals surface area contributed by atoms with Crippen LogP contribution in [0.2, 0.25) is 0 Å². The van der Waals surface area contributed by atoms with E-state index in [2.05, 4.69) is 24.4 Å². The van der Waals surface area contributed by atoms with E-state index in [-0.39, 0.29) is 6.09 Å². The molecule has 0 aromatic heterocycles. The van der Waals surface area contributed by atoms with Crippen LogP contribution in [0, 0.1) is 0 Å². The molecule has 1 heterocycles. The maximum Gasteiger partial charge on any atom is 0.410 e. The molecule has 0 unspecified atom stereocenters. The molecule has 0 bridgehead atoms. The molecular weight excluding hydrogens is 264 g/mol.